The first-order valence-electron chi connectivity index (χ1n) is 7.06. The number of amides is 1. The summed E-state index contributed by atoms with van der Waals surface area (Å²) in [5.74, 6) is 0.352. The van der Waals surface area contributed by atoms with Crippen LogP contribution < -0.4 is 5.73 Å². The van der Waals surface area contributed by atoms with Crippen molar-refractivity contribution in [2.75, 3.05) is 20.1 Å². The number of rotatable bonds is 6. The predicted molar refractivity (Wildman–Crippen MR) is 71.7 cm³/mol. The molecule has 100 valence electrons. The normalized spacial score (nSPS) is 19.0. The molecule has 0 heterocycles. The van der Waals surface area contributed by atoms with Crippen molar-refractivity contribution < 1.29 is 4.79 Å². The van der Waals surface area contributed by atoms with Crippen LogP contribution in [0, 0.1) is 5.41 Å². The molecule has 3 nitrogen and oxygen atoms in total. The van der Waals surface area contributed by atoms with Gasteiger partial charge in [0, 0.05) is 19.0 Å². The molecule has 1 fully saturated rings. The van der Waals surface area contributed by atoms with E-state index in [1.165, 1.54) is 19.3 Å². The summed E-state index contributed by atoms with van der Waals surface area (Å²) in [6, 6.07) is 0. The van der Waals surface area contributed by atoms with Gasteiger partial charge in [-0.15, -0.1) is 0 Å². The van der Waals surface area contributed by atoms with Crippen molar-refractivity contribution in [3.63, 3.8) is 0 Å². The fourth-order valence-electron chi connectivity index (χ4n) is 2.78. The van der Waals surface area contributed by atoms with Gasteiger partial charge in [-0.1, -0.05) is 32.6 Å². The van der Waals surface area contributed by atoms with Gasteiger partial charge in [-0.2, -0.15) is 0 Å². The summed E-state index contributed by atoms with van der Waals surface area (Å²) < 4.78 is 0. The van der Waals surface area contributed by atoms with Crippen LogP contribution in [-0.4, -0.2) is 30.9 Å². The van der Waals surface area contributed by atoms with E-state index >= 15 is 0 Å². The van der Waals surface area contributed by atoms with Crippen molar-refractivity contribution in [1.82, 2.24) is 4.90 Å². The highest BCUT2D eigenvalue weighted by Crippen LogP contribution is 2.37. The van der Waals surface area contributed by atoms with Crippen molar-refractivity contribution in [3.8, 4) is 0 Å². The molecule has 0 atom stereocenters. The van der Waals surface area contributed by atoms with Gasteiger partial charge in [-0.05, 0) is 32.2 Å². The Hall–Kier alpha value is -0.570. The van der Waals surface area contributed by atoms with E-state index in [2.05, 4.69) is 6.92 Å². The molecule has 0 saturated heterocycles. The second-order valence-corrected chi connectivity index (χ2v) is 5.70. The maximum atomic E-state index is 12.4. The summed E-state index contributed by atoms with van der Waals surface area (Å²) in [6.45, 7) is 3.79. The first kappa shape index (κ1) is 14.5. The lowest BCUT2D eigenvalue weighted by Gasteiger charge is -2.35. The molecule has 1 saturated carbocycles. The Labute approximate surface area is 106 Å². The van der Waals surface area contributed by atoms with Crippen LogP contribution in [0.25, 0.3) is 0 Å². The Morgan fingerprint density at radius 2 is 1.82 bits per heavy atom. The van der Waals surface area contributed by atoms with Gasteiger partial charge in [-0.3, -0.25) is 4.79 Å². The molecule has 1 aliphatic rings. The molecule has 0 spiro atoms. The van der Waals surface area contributed by atoms with Gasteiger partial charge in [0.25, 0.3) is 0 Å². The number of carbonyl (C=O) groups is 1. The number of hydrogen-bond donors (Lipinski definition) is 1. The Balaban J connectivity index is 2.34. The molecule has 0 unspecified atom stereocenters. The van der Waals surface area contributed by atoms with Crippen LogP contribution in [-0.2, 0) is 4.79 Å². The van der Waals surface area contributed by atoms with Gasteiger partial charge in [0.1, 0.15) is 0 Å². The first-order chi connectivity index (χ1) is 8.10. The number of unbranched alkanes of at least 4 members (excludes halogenated alkanes) is 2. The highest BCUT2D eigenvalue weighted by Gasteiger charge is 2.36. The van der Waals surface area contributed by atoms with Crippen molar-refractivity contribution in [1.29, 1.82) is 0 Å². The minimum Gasteiger partial charge on any atom is -0.345 e. The average molecular weight is 240 g/mol. The second-order valence-electron chi connectivity index (χ2n) is 5.70. The molecule has 0 radical (unpaired) electrons. The first-order valence-corrected chi connectivity index (χ1v) is 7.06. The maximum absolute atomic E-state index is 12.4. The minimum atomic E-state index is -0.0825. The summed E-state index contributed by atoms with van der Waals surface area (Å²) in [4.78, 5) is 14.3. The topological polar surface area (TPSA) is 46.3 Å². The lowest BCUT2D eigenvalue weighted by Crippen LogP contribution is -2.41. The van der Waals surface area contributed by atoms with Crippen LogP contribution in [0.5, 0.6) is 0 Å². The van der Waals surface area contributed by atoms with Crippen molar-refractivity contribution in [3.05, 3.63) is 0 Å². The Bertz CT molecular complexity index is 234. The third kappa shape index (κ3) is 4.30. The van der Waals surface area contributed by atoms with Crippen molar-refractivity contribution in [2.45, 2.75) is 58.3 Å². The molecule has 0 aliphatic heterocycles. The zero-order chi connectivity index (χ0) is 12.7. The Morgan fingerprint density at radius 3 is 2.41 bits per heavy atom. The molecular formula is C14H28N2O. The standard InChI is InChI=1S/C14H28N2O/c1-14(9-5-3-6-10-14)13(17)16(2)12-8-4-7-11-15/h3-12,15H2,1-2H3. The summed E-state index contributed by atoms with van der Waals surface area (Å²) >= 11 is 0. The van der Waals surface area contributed by atoms with Crippen LogP contribution in [0.4, 0.5) is 0 Å². The number of nitrogens with two attached hydrogens (primary N) is 1. The molecule has 17 heavy (non-hydrogen) atoms. The fraction of sp³-hybridized carbons (Fsp3) is 0.929. The van der Waals surface area contributed by atoms with Gasteiger partial charge < -0.3 is 10.6 Å². The Morgan fingerprint density at radius 1 is 1.18 bits per heavy atom. The lowest BCUT2D eigenvalue weighted by atomic mass is 9.74. The molecule has 1 rings (SSSR count). The van der Waals surface area contributed by atoms with Gasteiger partial charge in [0.2, 0.25) is 5.91 Å². The smallest absolute Gasteiger partial charge is 0.228 e. The zero-order valence-electron chi connectivity index (χ0n) is 11.5. The van der Waals surface area contributed by atoms with E-state index in [9.17, 15) is 4.79 Å². The van der Waals surface area contributed by atoms with Crippen LogP contribution >= 0.6 is 0 Å². The molecule has 2 N–H and O–H groups in total. The van der Waals surface area contributed by atoms with E-state index in [0.29, 0.717) is 5.91 Å². The van der Waals surface area contributed by atoms with Crippen LogP contribution in [0.3, 0.4) is 0 Å². The van der Waals surface area contributed by atoms with Crippen LogP contribution in [0.1, 0.15) is 58.3 Å². The monoisotopic (exact) mass is 240 g/mol. The summed E-state index contributed by atoms with van der Waals surface area (Å²) in [7, 11) is 1.95. The predicted octanol–water partition coefficient (Wildman–Crippen LogP) is 2.54. The third-order valence-corrected chi connectivity index (χ3v) is 4.02. The summed E-state index contributed by atoms with van der Waals surface area (Å²) in [5.41, 5.74) is 5.38. The quantitative estimate of drug-likeness (QED) is 0.725. The molecule has 3 heteroatoms. The van der Waals surface area contributed by atoms with Gasteiger partial charge in [0.05, 0.1) is 0 Å². The molecule has 0 aromatic heterocycles. The molecule has 0 aromatic carbocycles. The van der Waals surface area contributed by atoms with Crippen LogP contribution in [0.15, 0.2) is 0 Å². The summed E-state index contributed by atoms with van der Waals surface area (Å²) in [6.07, 6.45) is 9.13. The van der Waals surface area contributed by atoms with Gasteiger partial charge in [-0.25, -0.2) is 0 Å². The minimum absolute atomic E-state index is 0.0825. The number of nitrogens with zero attached hydrogens (tertiary/aromatic N) is 1. The van der Waals surface area contributed by atoms with Crippen molar-refractivity contribution >= 4 is 5.91 Å². The van der Waals surface area contributed by atoms with E-state index < -0.39 is 0 Å². The maximum Gasteiger partial charge on any atom is 0.228 e. The van der Waals surface area contributed by atoms with E-state index in [1.54, 1.807) is 0 Å². The highest BCUT2D eigenvalue weighted by molar-refractivity contribution is 5.82. The molecule has 0 aromatic rings. The molecule has 0 bridgehead atoms. The number of carbonyl (C=O) groups excluding carboxylic acids is 1. The zero-order valence-corrected chi connectivity index (χ0v) is 11.5. The molecule has 1 aliphatic carbocycles. The molecule has 1 amide bonds. The highest BCUT2D eigenvalue weighted by atomic mass is 16.2. The largest absolute Gasteiger partial charge is 0.345 e. The SMILES string of the molecule is CN(CCCCCN)C(=O)C1(C)CCCCC1. The lowest BCUT2D eigenvalue weighted by molar-refractivity contribution is -0.141. The second kappa shape index (κ2) is 7.00. The third-order valence-electron chi connectivity index (χ3n) is 4.02. The van der Waals surface area contributed by atoms with Gasteiger partial charge in [0.15, 0.2) is 0 Å². The van der Waals surface area contributed by atoms with E-state index in [4.69, 9.17) is 5.73 Å². The van der Waals surface area contributed by atoms with E-state index in [-0.39, 0.29) is 5.41 Å². The Kier molecular flexibility index (Phi) is 5.96. The van der Waals surface area contributed by atoms with Crippen LogP contribution in [0.2, 0.25) is 0 Å². The summed E-state index contributed by atoms with van der Waals surface area (Å²) in [5, 5.41) is 0. The average Bonchev–Trinajstić information content (AvgIpc) is 2.34. The van der Waals surface area contributed by atoms with Gasteiger partial charge >= 0.3 is 0 Å². The fourth-order valence-corrected chi connectivity index (χ4v) is 2.78. The van der Waals surface area contributed by atoms with Crippen molar-refractivity contribution in [2.24, 2.45) is 11.1 Å². The van der Waals surface area contributed by atoms with E-state index in [0.717, 1.165) is 45.2 Å². The van der Waals surface area contributed by atoms with E-state index in [1.807, 2.05) is 11.9 Å². The molecular weight excluding hydrogens is 212 g/mol. The number of hydrogen-bond acceptors (Lipinski definition) is 2.